The fourth-order valence-corrected chi connectivity index (χ4v) is 5.83. The zero-order chi connectivity index (χ0) is 23.3. The van der Waals surface area contributed by atoms with E-state index < -0.39 is 0 Å². The average molecular weight is 467 g/mol. The van der Waals surface area contributed by atoms with Crippen molar-refractivity contribution in [3.63, 3.8) is 0 Å². The standard InChI is InChI=1S/C29H42N2OS/c1-2-3-4-5-6-7-8-9-10-11-12-13-14-17-22-31-25-18-15-16-19-27(25)33-28-23-24(29(30)32)20-21-26(28)31/h15-16,18-21,23H,2-14,17,22H2,1H3,(H2,30,32). The number of para-hydroxylation sites is 1. The number of hydrogen-bond acceptors (Lipinski definition) is 3. The molecule has 0 fully saturated rings. The first-order chi connectivity index (χ1) is 16.2. The van der Waals surface area contributed by atoms with E-state index in [1.165, 1.54) is 106 Å². The molecule has 1 heterocycles. The van der Waals surface area contributed by atoms with Gasteiger partial charge in [0.2, 0.25) is 5.91 Å². The molecule has 2 N–H and O–H groups in total. The first-order valence-corrected chi connectivity index (χ1v) is 14.0. The van der Waals surface area contributed by atoms with Crippen LogP contribution < -0.4 is 10.6 Å². The summed E-state index contributed by atoms with van der Waals surface area (Å²) < 4.78 is 0. The number of nitrogens with two attached hydrogens (primary N) is 1. The largest absolute Gasteiger partial charge is 0.366 e. The Morgan fingerprint density at radius 1 is 0.727 bits per heavy atom. The van der Waals surface area contributed by atoms with Gasteiger partial charge in [-0.05, 0) is 36.8 Å². The molecular weight excluding hydrogens is 424 g/mol. The Morgan fingerprint density at radius 2 is 1.27 bits per heavy atom. The minimum absolute atomic E-state index is 0.365. The van der Waals surface area contributed by atoms with Gasteiger partial charge in [-0.2, -0.15) is 0 Å². The predicted molar refractivity (Wildman–Crippen MR) is 143 cm³/mol. The van der Waals surface area contributed by atoms with Gasteiger partial charge < -0.3 is 10.6 Å². The van der Waals surface area contributed by atoms with Gasteiger partial charge >= 0.3 is 0 Å². The normalized spacial score (nSPS) is 12.5. The minimum atomic E-state index is -0.365. The smallest absolute Gasteiger partial charge is 0.248 e. The van der Waals surface area contributed by atoms with Crippen LogP contribution in [0, 0.1) is 0 Å². The quantitative estimate of drug-likeness (QED) is 0.251. The van der Waals surface area contributed by atoms with Crippen LogP contribution in [0.1, 0.15) is 107 Å². The van der Waals surface area contributed by atoms with E-state index in [1.807, 2.05) is 12.1 Å². The van der Waals surface area contributed by atoms with Gasteiger partial charge in [-0.25, -0.2) is 0 Å². The third kappa shape index (κ3) is 8.10. The molecule has 0 saturated carbocycles. The van der Waals surface area contributed by atoms with Crippen molar-refractivity contribution in [2.45, 2.75) is 107 Å². The molecule has 0 radical (unpaired) electrons. The highest BCUT2D eigenvalue weighted by molar-refractivity contribution is 7.99. The zero-order valence-electron chi connectivity index (χ0n) is 20.5. The van der Waals surface area contributed by atoms with Gasteiger partial charge in [0.25, 0.3) is 0 Å². The highest BCUT2D eigenvalue weighted by Gasteiger charge is 2.23. The SMILES string of the molecule is CCCCCCCCCCCCCCCCN1c2ccccc2Sc2cc(C(N)=O)ccc21. The minimum Gasteiger partial charge on any atom is -0.366 e. The van der Waals surface area contributed by atoms with E-state index in [0.717, 1.165) is 11.4 Å². The summed E-state index contributed by atoms with van der Waals surface area (Å²) in [5.41, 5.74) is 8.56. The van der Waals surface area contributed by atoms with Crippen molar-refractivity contribution in [1.82, 2.24) is 0 Å². The summed E-state index contributed by atoms with van der Waals surface area (Å²) in [4.78, 5) is 16.4. The highest BCUT2D eigenvalue weighted by atomic mass is 32.2. The van der Waals surface area contributed by atoms with E-state index in [4.69, 9.17) is 5.73 Å². The Balaban J connectivity index is 1.36. The maximum Gasteiger partial charge on any atom is 0.248 e. The van der Waals surface area contributed by atoms with Gasteiger partial charge in [0.05, 0.1) is 11.4 Å². The molecule has 180 valence electrons. The number of fused-ring (bicyclic) bond motifs is 2. The second-order valence-corrected chi connectivity index (χ2v) is 10.4. The number of rotatable bonds is 16. The number of carbonyl (C=O) groups excluding carboxylic acids is 1. The second-order valence-electron chi connectivity index (χ2n) is 9.36. The zero-order valence-corrected chi connectivity index (χ0v) is 21.3. The molecule has 33 heavy (non-hydrogen) atoms. The lowest BCUT2D eigenvalue weighted by Gasteiger charge is -2.33. The van der Waals surface area contributed by atoms with Crippen molar-refractivity contribution in [2.24, 2.45) is 5.73 Å². The topological polar surface area (TPSA) is 46.3 Å². The van der Waals surface area contributed by atoms with Gasteiger partial charge in [-0.1, -0.05) is 114 Å². The molecule has 3 nitrogen and oxygen atoms in total. The van der Waals surface area contributed by atoms with Gasteiger partial charge in [0, 0.05) is 21.9 Å². The number of anilines is 2. The number of primary amides is 1. The van der Waals surface area contributed by atoms with E-state index in [9.17, 15) is 4.79 Å². The summed E-state index contributed by atoms with van der Waals surface area (Å²) >= 11 is 1.73. The number of carbonyl (C=O) groups is 1. The molecule has 2 aromatic carbocycles. The molecule has 0 aromatic heterocycles. The van der Waals surface area contributed by atoms with Crippen molar-refractivity contribution in [1.29, 1.82) is 0 Å². The van der Waals surface area contributed by atoms with Crippen molar-refractivity contribution in [3.8, 4) is 0 Å². The summed E-state index contributed by atoms with van der Waals surface area (Å²) in [6.07, 6.45) is 19.3. The number of benzene rings is 2. The maximum atomic E-state index is 11.6. The van der Waals surface area contributed by atoms with E-state index >= 15 is 0 Å². The maximum absolute atomic E-state index is 11.6. The van der Waals surface area contributed by atoms with E-state index in [1.54, 1.807) is 11.8 Å². The van der Waals surface area contributed by atoms with Gasteiger partial charge in [-0.15, -0.1) is 0 Å². The monoisotopic (exact) mass is 466 g/mol. The summed E-state index contributed by atoms with van der Waals surface area (Å²) in [7, 11) is 0. The van der Waals surface area contributed by atoms with E-state index in [0.29, 0.717) is 5.56 Å². The molecule has 4 heteroatoms. The lowest BCUT2D eigenvalue weighted by Crippen LogP contribution is -2.22. The third-order valence-corrected chi connectivity index (χ3v) is 7.76. The number of amides is 1. The molecule has 0 saturated heterocycles. The Labute approximate surface area is 205 Å². The molecule has 1 aliphatic heterocycles. The van der Waals surface area contributed by atoms with Gasteiger partial charge in [0.1, 0.15) is 0 Å². The number of hydrogen-bond donors (Lipinski definition) is 1. The predicted octanol–water partition coefficient (Wildman–Crippen LogP) is 8.87. The first kappa shape index (κ1) is 25.7. The molecule has 0 atom stereocenters. The van der Waals surface area contributed by atoms with Crippen LogP contribution in [0.25, 0.3) is 0 Å². The molecule has 2 aromatic rings. The molecule has 1 amide bonds. The number of unbranched alkanes of at least 4 members (excludes halogenated alkanes) is 13. The van der Waals surface area contributed by atoms with Gasteiger partial charge in [0.15, 0.2) is 0 Å². The van der Waals surface area contributed by atoms with Crippen LogP contribution in [0.3, 0.4) is 0 Å². The molecular formula is C29H42N2OS. The lowest BCUT2D eigenvalue weighted by atomic mass is 10.0. The lowest BCUT2D eigenvalue weighted by molar-refractivity contribution is 0.1000. The van der Waals surface area contributed by atoms with Crippen molar-refractivity contribution in [3.05, 3.63) is 48.0 Å². The number of nitrogens with zero attached hydrogens (tertiary/aromatic N) is 1. The summed E-state index contributed by atoms with van der Waals surface area (Å²) in [5, 5.41) is 0. The molecule has 0 unspecified atom stereocenters. The van der Waals surface area contributed by atoms with Crippen LogP contribution >= 0.6 is 11.8 Å². The second kappa shape index (κ2) is 14.3. The average Bonchev–Trinajstić information content (AvgIpc) is 2.83. The van der Waals surface area contributed by atoms with Crippen LogP contribution in [0.2, 0.25) is 0 Å². The van der Waals surface area contributed by atoms with Gasteiger partial charge in [-0.3, -0.25) is 4.79 Å². The first-order valence-electron chi connectivity index (χ1n) is 13.2. The van der Waals surface area contributed by atoms with E-state index in [-0.39, 0.29) is 5.91 Å². The Hall–Kier alpha value is -1.94. The summed E-state index contributed by atoms with van der Waals surface area (Å²) in [6, 6.07) is 14.4. The van der Waals surface area contributed by atoms with E-state index in [2.05, 4.69) is 42.2 Å². The molecule has 1 aliphatic rings. The fraction of sp³-hybridized carbons (Fsp3) is 0.552. The molecule has 3 rings (SSSR count). The van der Waals surface area contributed by atoms with Crippen molar-refractivity contribution >= 4 is 29.0 Å². The van der Waals surface area contributed by atoms with Crippen molar-refractivity contribution in [2.75, 3.05) is 11.4 Å². The fourth-order valence-electron chi connectivity index (χ4n) is 4.69. The molecule has 0 aliphatic carbocycles. The summed E-state index contributed by atoms with van der Waals surface area (Å²) in [6.45, 7) is 3.30. The van der Waals surface area contributed by atoms with Crippen LogP contribution in [0.15, 0.2) is 52.3 Å². The Morgan fingerprint density at radius 3 is 1.88 bits per heavy atom. The van der Waals surface area contributed by atoms with Crippen LogP contribution in [0.4, 0.5) is 11.4 Å². The molecule has 0 bridgehead atoms. The van der Waals surface area contributed by atoms with Crippen LogP contribution in [-0.4, -0.2) is 12.5 Å². The Bertz CT molecular complexity index is 866. The third-order valence-electron chi connectivity index (χ3n) is 6.65. The molecule has 0 spiro atoms. The van der Waals surface area contributed by atoms with Crippen LogP contribution in [0.5, 0.6) is 0 Å². The highest BCUT2D eigenvalue weighted by Crippen LogP contribution is 2.48. The van der Waals surface area contributed by atoms with Crippen molar-refractivity contribution < 1.29 is 4.79 Å². The van der Waals surface area contributed by atoms with Crippen LogP contribution in [-0.2, 0) is 0 Å². The Kier molecular flexibility index (Phi) is 11.2. The summed E-state index contributed by atoms with van der Waals surface area (Å²) in [5.74, 6) is -0.365.